The molecule has 0 saturated heterocycles. The molecule has 0 aliphatic carbocycles. The van der Waals surface area contributed by atoms with E-state index in [4.69, 9.17) is 0 Å². The lowest BCUT2D eigenvalue weighted by Gasteiger charge is -2.14. The van der Waals surface area contributed by atoms with Crippen LogP contribution in [0.5, 0.6) is 0 Å². The molecule has 0 bridgehead atoms. The minimum atomic E-state index is -0.673. The second-order valence-electron chi connectivity index (χ2n) is 5.15. The van der Waals surface area contributed by atoms with Crippen molar-refractivity contribution in [3.63, 3.8) is 0 Å². The number of hydrogen-bond donors (Lipinski definition) is 1. The number of hydrogen-bond acceptors (Lipinski definition) is 5. The summed E-state index contributed by atoms with van der Waals surface area (Å²) in [6.07, 6.45) is 1.15. The van der Waals surface area contributed by atoms with Crippen molar-refractivity contribution in [1.82, 2.24) is 19.6 Å². The van der Waals surface area contributed by atoms with Crippen molar-refractivity contribution in [3.8, 4) is 0 Å². The first-order chi connectivity index (χ1) is 10.2. The molecule has 9 heteroatoms. The van der Waals surface area contributed by atoms with Crippen molar-refractivity contribution >= 4 is 17.3 Å². The SMILES string of the molecule is Cc1nn(C)c(C)c1NC(=O)C(C)n1ncc([N+](=O)[O-])c1C. The first-order valence-electron chi connectivity index (χ1n) is 6.73. The maximum absolute atomic E-state index is 12.4. The highest BCUT2D eigenvalue weighted by molar-refractivity contribution is 5.94. The van der Waals surface area contributed by atoms with Crippen molar-refractivity contribution in [1.29, 1.82) is 0 Å². The molecular formula is C13H18N6O3. The van der Waals surface area contributed by atoms with Crippen LogP contribution in [0.3, 0.4) is 0 Å². The molecule has 9 nitrogen and oxygen atoms in total. The summed E-state index contributed by atoms with van der Waals surface area (Å²) in [6.45, 7) is 6.86. The summed E-state index contributed by atoms with van der Waals surface area (Å²) < 4.78 is 3.02. The highest BCUT2D eigenvalue weighted by Gasteiger charge is 2.25. The summed E-state index contributed by atoms with van der Waals surface area (Å²) in [5.74, 6) is -0.305. The zero-order chi connectivity index (χ0) is 16.6. The maximum Gasteiger partial charge on any atom is 0.309 e. The van der Waals surface area contributed by atoms with Gasteiger partial charge in [0, 0.05) is 7.05 Å². The summed E-state index contributed by atoms with van der Waals surface area (Å²) in [5.41, 5.74) is 2.43. The lowest BCUT2D eigenvalue weighted by atomic mass is 10.2. The Morgan fingerprint density at radius 3 is 2.45 bits per heavy atom. The number of nitrogens with zero attached hydrogens (tertiary/aromatic N) is 5. The van der Waals surface area contributed by atoms with Crippen LogP contribution in [-0.4, -0.2) is 30.4 Å². The zero-order valence-electron chi connectivity index (χ0n) is 13.1. The van der Waals surface area contributed by atoms with Gasteiger partial charge in [0.1, 0.15) is 17.9 Å². The predicted molar refractivity (Wildman–Crippen MR) is 79.6 cm³/mol. The molecule has 1 unspecified atom stereocenters. The van der Waals surface area contributed by atoms with E-state index < -0.39 is 11.0 Å². The number of aryl methyl sites for hydroxylation is 2. The van der Waals surface area contributed by atoms with Gasteiger partial charge in [0.05, 0.1) is 22.0 Å². The topological polar surface area (TPSA) is 108 Å². The van der Waals surface area contributed by atoms with Crippen LogP contribution in [0.1, 0.15) is 30.0 Å². The van der Waals surface area contributed by atoms with Crippen LogP contribution >= 0.6 is 0 Å². The second kappa shape index (κ2) is 5.58. The van der Waals surface area contributed by atoms with Crippen LogP contribution in [0.25, 0.3) is 0 Å². The summed E-state index contributed by atoms with van der Waals surface area (Å²) in [5, 5.41) is 21.8. The quantitative estimate of drug-likeness (QED) is 0.682. The molecule has 0 aliphatic heterocycles. The molecule has 2 aromatic heterocycles. The van der Waals surface area contributed by atoms with Gasteiger partial charge in [-0.3, -0.25) is 24.3 Å². The lowest BCUT2D eigenvalue weighted by molar-refractivity contribution is -0.385. The summed E-state index contributed by atoms with van der Waals surface area (Å²) in [4.78, 5) is 22.7. The molecule has 2 heterocycles. The molecule has 1 N–H and O–H groups in total. The van der Waals surface area contributed by atoms with Gasteiger partial charge in [-0.1, -0.05) is 0 Å². The smallest absolute Gasteiger partial charge is 0.309 e. The molecule has 0 aliphatic rings. The number of carbonyl (C=O) groups excluding carboxylic acids is 1. The Labute approximate surface area is 127 Å². The number of anilines is 1. The largest absolute Gasteiger partial charge is 0.321 e. The second-order valence-corrected chi connectivity index (χ2v) is 5.15. The average Bonchev–Trinajstić information content (AvgIpc) is 2.93. The fraction of sp³-hybridized carbons (Fsp3) is 0.462. The first-order valence-corrected chi connectivity index (χ1v) is 6.73. The molecule has 1 atom stereocenters. The molecule has 0 radical (unpaired) electrons. The minimum absolute atomic E-state index is 0.103. The normalized spacial score (nSPS) is 12.2. The van der Waals surface area contributed by atoms with E-state index in [1.165, 1.54) is 4.68 Å². The van der Waals surface area contributed by atoms with Gasteiger partial charge in [-0.05, 0) is 27.7 Å². The van der Waals surface area contributed by atoms with E-state index in [9.17, 15) is 14.9 Å². The molecule has 22 heavy (non-hydrogen) atoms. The van der Waals surface area contributed by atoms with Gasteiger partial charge in [0.2, 0.25) is 5.91 Å². The van der Waals surface area contributed by atoms with Crippen molar-refractivity contribution in [3.05, 3.63) is 33.4 Å². The minimum Gasteiger partial charge on any atom is -0.321 e. The van der Waals surface area contributed by atoms with E-state index in [1.54, 1.807) is 32.5 Å². The number of aromatic nitrogens is 4. The Kier molecular flexibility index (Phi) is 3.98. The highest BCUT2D eigenvalue weighted by atomic mass is 16.6. The Bertz CT molecular complexity index is 745. The van der Waals surface area contributed by atoms with E-state index in [0.717, 1.165) is 11.9 Å². The Hall–Kier alpha value is -2.71. The van der Waals surface area contributed by atoms with Gasteiger partial charge < -0.3 is 5.32 Å². The standard InChI is InChI=1S/C13H18N6O3/c1-7-12(9(3)17(5)16-7)15-13(20)10(4)18-8(2)11(6-14-18)19(21)22/h6,10H,1-5H3,(H,15,20). The van der Waals surface area contributed by atoms with E-state index in [1.807, 2.05) is 6.92 Å². The average molecular weight is 306 g/mol. The van der Waals surface area contributed by atoms with Gasteiger partial charge in [-0.15, -0.1) is 0 Å². The Morgan fingerprint density at radius 2 is 2.00 bits per heavy atom. The number of nitro groups is 1. The van der Waals surface area contributed by atoms with Gasteiger partial charge in [0.15, 0.2) is 0 Å². The fourth-order valence-corrected chi connectivity index (χ4v) is 2.28. The van der Waals surface area contributed by atoms with E-state index in [2.05, 4.69) is 15.5 Å². The van der Waals surface area contributed by atoms with Crippen LogP contribution in [-0.2, 0) is 11.8 Å². The number of nitrogens with one attached hydrogen (secondary N) is 1. The number of rotatable bonds is 4. The molecule has 0 aromatic carbocycles. The molecule has 2 aromatic rings. The molecule has 0 fully saturated rings. The Balaban J connectivity index is 2.24. The molecular weight excluding hydrogens is 288 g/mol. The van der Waals surface area contributed by atoms with E-state index in [-0.39, 0.29) is 11.6 Å². The van der Waals surface area contributed by atoms with E-state index >= 15 is 0 Å². The third-order valence-electron chi connectivity index (χ3n) is 3.72. The van der Waals surface area contributed by atoms with Gasteiger partial charge in [-0.25, -0.2) is 0 Å². The zero-order valence-corrected chi connectivity index (χ0v) is 13.1. The van der Waals surface area contributed by atoms with Crippen molar-refractivity contribution < 1.29 is 9.72 Å². The van der Waals surface area contributed by atoms with Crippen LogP contribution in [0.4, 0.5) is 11.4 Å². The maximum atomic E-state index is 12.4. The Morgan fingerprint density at radius 1 is 1.36 bits per heavy atom. The summed E-state index contributed by atoms with van der Waals surface area (Å²) >= 11 is 0. The third kappa shape index (κ3) is 2.57. The van der Waals surface area contributed by atoms with Crippen LogP contribution in [0.2, 0.25) is 0 Å². The fourth-order valence-electron chi connectivity index (χ4n) is 2.28. The lowest BCUT2D eigenvalue weighted by Crippen LogP contribution is -2.25. The molecule has 118 valence electrons. The van der Waals surface area contributed by atoms with Crippen LogP contribution < -0.4 is 5.32 Å². The number of amides is 1. The number of carbonyl (C=O) groups is 1. The highest BCUT2D eigenvalue weighted by Crippen LogP contribution is 2.23. The van der Waals surface area contributed by atoms with Crippen LogP contribution in [0, 0.1) is 30.9 Å². The summed E-state index contributed by atoms with van der Waals surface area (Å²) in [6, 6.07) is -0.673. The third-order valence-corrected chi connectivity index (χ3v) is 3.72. The van der Waals surface area contributed by atoms with Gasteiger partial charge >= 0.3 is 5.69 Å². The first kappa shape index (κ1) is 15.7. The molecule has 1 amide bonds. The predicted octanol–water partition coefficient (Wildman–Crippen LogP) is 1.65. The molecule has 0 saturated carbocycles. The summed E-state index contributed by atoms with van der Waals surface area (Å²) in [7, 11) is 1.79. The van der Waals surface area contributed by atoms with Crippen molar-refractivity contribution in [2.75, 3.05) is 5.32 Å². The van der Waals surface area contributed by atoms with Gasteiger partial charge in [0.25, 0.3) is 0 Å². The van der Waals surface area contributed by atoms with E-state index in [0.29, 0.717) is 17.1 Å². The van der Waals surface area contributed by atoms with Crippen molar-refractivity contribution in [2.45, 2.75) is 33.7 Å². The van der Waals surface area contributed by atoms with Crippen molar-refractivity contribution in [2.24, 2.45) is 7.05 Å². The monoisotopic (exact) mass is 306 g/mol. The molecule has 0 spiro atoms. The van der Waals surface area contributed by atoms with Gasteiger partial charge in [-0.2, -0.15) is 10.2 Å². The van der Waals surface area contributed by atoms with Crippen LogP contribution in [0.15, 0.2) is 6.20 Å². The molecule has 2 rings (SSSR count).